The van der Waals surface area contributed by atoms with E-state index in [9.17, 15) is 9.59 Å². The van der Waals surface area contributed by atoms with Gasteiger partial charge in [0.05, 0.1) is 0 Å². The number of amides is 1. The summed E-state index contributed by atoms with van der Waals surface area (Å²) >= 11 is 0. The fourth-order valence-corrected chi connectivity index (χ4v) is 1.14. The normalized spacial score (nSPS) is 10.2. The fraction of sp³-hybridized carbons (Fsp3) is 0.167. The Balaban J connectivity index is 2.29. The van der Waals surface area contributed by atoms with Crippen molar-refractivity contribution in [3.8, 4) is 0 Å². The van der Waals surface area contributed by atoms with Gasteiger partial charge in [-0.3, -0.25) is 4.79 Å². The maximum atomic E-state index is 11.5. The summed E-state index contributed by atoms with van der Waals surface area (Å²) in [6, 6.07) is 8.87. The topological polar surface area (TPSA) is 66.4 Å². The second kappa shape index (κ2) is 6.40. The van der Waals surface area contributed by atoms with Crippen LogP contribution in [0.15, 0.2) is 42.5 Å². The molecule has 1 rings (SSSR count). The summed E-state index contributed by atoms with van der Waals surface area (Å²) in [6.07, 6.45) is 3.08. The van der Waals surface area contributed by atoms with Gasteiger partial charge >= 0.3 is 5.97 Å². The van der Waals surface area contributed by atoms with E-state index in [-0.39, 0.29) is 5.91 Å². The third-order valence-corrected chi connectivity index (χ3v) is 1.89. The van der Waals surface area contributed by atoms with E-state index < -0.39 is 5.97 Å². The number of carboxylic acids is 1. The molecule has 0 saturated heterocycles. The van der Waals surface area contributed by atoms with Gasteiger partial charge in [-0.2, -0.15) is 0 Å². The summed E-state index contributed by atoms with van der Waals surface area (Å²) in [7, 11) is 0. The number of carboxylic acid groups (broad SMARTS) is 1. The average molecular weight is 219 g/mol. The molecule has 0 saturated carbocycles. The van der Waals surface area contributed by atoms with E-state index in [1.165, 1.54) is 6.08 Å². The molecule has 0 aliphatic heterocycles. The predicted octanol–water partition coefficient (Wildman–Crippen LogP) is 1.45. The van der Waals surface area contributed by atoms with Crippen LogP contribution in [0.4, 0.5) is 0 Å². The number of hydrogen-bond donors (Lipinski definition) is 2. The molecule has 1 amide bonds. The SMILES string of the molecule is O=C(O)C=CCCNC(=O)c1ccccc1. The molecule has 0 fully saturated rings. The first-order valence-corrected chi connectivity index (χ1v) is 4.93. The van der Waals surface area contributed by atoms with Crippen LogP contribution < -0.4 is 5.32 Å². The molecular formula is C12H13NO3. The van der Waals surface area contributed by atoms with Crippen LogP contribution in [0.5, 0.6) is 0 Å². The highest BCUT2D eigenvalue weighted by Crippen LogP contribution is 1.97. The number of hydrogen-bond acceptors (Lipinski definition) is 2. The summed E-state index contributed by atoms with van der Waals surface area (Å²) in [5.74, 6) is -1.13. The van der Waals surface area contributed by atoms with Gasteiger partial charge in [-0.1, -0.05) is 24.3 Å². The fourth-order valence-electron chi connectivity index (χ4n) is 1.14. The Morgan fingerprint density at radius 1 is 1.25 bits per heavy atom. The van der Waals surface area contributed by atoms with Crippen LogP contribution in [0.25, 0.3) is 0 Å². The second-order valence-electron chi connectivity index (χ2n) is 3.15. The quantitative estimate of drug-likeness (QED) is 0.581. The highest BCUT2D eigenvalue weighted by atomic mass is 16.4. The smallest absolute Gasteiger partial charge is 0.327 e. The van der Waals surface area contributed by atoms with Gasteiger partial charge in [0.2, 0.25) is 0 Å². The van der Waals surface area contributed by atoms with E-state index in [0.29, 0.717) is 18.5 Å². The molecule has 2 N–H and O–H groups in total. The van der Waals surface area contributed by atoms with E-state index in [2.05, 4.69) is 5.32 Å². The van der Waals surface area contributed by atoms with Crippen LogP contribution in [-0.4, -0.2) is 23.5 Å². The zero-order valence-electron chi connectivity index (χ0n) is 8.72. The minimum Gasteiger partial charge on any atom is -0.478 e. The molecule has 1 aromatic rings. The largest absolute Gasteiger partial charge is 0.478 e. The maximum absolute atomic E-state index is 11.5. The Morgan fingerprint density at radius 3 is 2.56 bits per heavy atom. The van der Waals surface area contributed by atoms with Gasteiger partial charge in [0.15, 0.2) is 0 Å². The summed E-state index contributed by atoms with van der Waals surface area (Å²) in [6.45, 7) is 0.428. The molecule has 1 aromatic carbocycles. The Bertz CT molecular complexity index is 385. The lowest BCUT2D eigenvalue weighted by molar-refractivity contribution is -0.131. The molecule has 0 radical (unpaired) electrons. The number of aliphatic carboxylic acids is 1. The first kappa shape index (κ1) is 12.0. The molecule has 0 aliphatic rings. The van der Waals surface area contributed by atoms with Crippen LogP contribution in [0.2, 0.25) is 0 Å². The number of benzene rings is 1. The molecule has 0 spiro atoms. The Hall–Kier alpha value is -2.10. The van der Waals surface area contributed by atoms with Crippen molar-refractivity contribution < 1.29 is 14.7 Å². The van der Waals surface area contributed by atoms with Crippen LogP contribution in [-0.2, 0) is 4.79 Å². The first-order valence-electron chi connectivity index (χ1n) is 4.93. The molecule has 0 aliphatic carbocycles. The number of nitrogens with one attached hydrogen (secondary N) is 1. The average Bonchev–Trinajstić information content (AvgIpc) is 2.29. The monoisotopic (exact) mass is 219 g/mol. The zero-order valence-corrected chi connectivity index (χ0v) is 8.72. The lowest BCUT2D eigenvalue weighted by Crippen LogP contribution is -2.23. The van der Waals surface area contributed by atoms with E-state index in [1.807, 2.05) is 6.07 Å². The lowest BCUT2D eigenvalue weighted by atomic mass is 10.2. The Kier molecular flexibility index (Phi) is 4.79. The molecule has 16 heavy (non-hydrogen) atoms. The van der Waals surface area contributed by atoms with Gasteiger partial charge in [-0.05, 0) is 18.6 Å². The molecule has 0 aromatic heterocycles. The molecular weight excluding hydrogens is 206 g/mol. The van der Waals surface area contributed by atoms with Gasteiger partial charge in [0.1, 0.15) is 0 Å². The molecule has 84 valence electrons. The van der Waals surface area contributed by atoms with Gasteiger partial charge in [-0.25, -0.2) is 4.79 Å². The van der Waals surface area contributed by atoms with Crippen molar-refractivity contribution >= 4 is 11.9 Å². The van der Waals surface area contributed by atoms with Crippen LogP contribution >= 0.6 is 0 Å². The van der Waals surface area contributed by atoms with Gasteiger partial charge in [-0.15, -0.1) is 0 Å². The zero-order chi connectivity index (χ0) is 11.8. The number of carbonyl (C=O) groups excluding carboxylic acids is 1. The number of rotatable bonds is 5. The van der Waals surface area contributed by atoms with Crippen molar-refractivity contribution in [1.29, 1.82) is 0 Å². The minimum absolute atomic E-state index is 0.149. The van der Waals surface area contributed by atoms with E-state index in [0.717, 1.165) is 6.08 Å². The minimum atomic E-state index is -0.977. The highest BCUT2D eigenvalue weighted by Gasteiger charge is 2.01. The van der Waals surface area contributed by atoms with Crippen molar-refractivity contribution in [1.82, 2.24) is 5.32 Å². The van der Waals surface area contributed by atoms with E-state index in [1.54, 1.807) is 24.3 Å². The third kappa shape index (κ3) is 4.41. The molecule has 0 atom stereocenters. The summed E-state index contributed by atoms with van der Waals surface area (Å²) in [5.41, 5.74) is 0.602. The number of carbonyl (C=O) groups is 2. The van der Waals surface area contributed by atoms with E-state index >= 15 is 0 Å². The lowest BCUT2D eigenvalue weighted by Gasteiger charge is -2.02. The van der Waals surface area contributed by atoms with Gasteiger partial charge in [0.25, 0.3) is 5.91 Å². The summed E-state index contributed by atoms with van der Waals surface area (Å²) < 4.78 is 0. The molecule has 4 heteroatoms. The predicted molar refractivity (Wildman–Crippen MR) is 60.2 cm³/mol. The second-order valence-corrected chi connectivity index (χ2v) is 3.15. The Labute approximate surface area is 93.6 Å². The standard InChI is InChI=1S/C12H13NO3/c14-11(15)8-4-5-9-13-12(16)10-6-2-1-3-7-10/h1-4,6-8H,5,9H2,(H,13,16)(H,14,15). The maximum Gasteiger partial charge on any atom is 0.327 e. The van der Waals surface area contributed by atoms with Crippen molar-refractivity contribution in [2.75, 3.05) is 6.54 Å². The van der Waals surface area contributed by atoms with Crippen molar-refractivity contribution in [2.45, 2.75) is 6.42 Å². The Morgan fingerprint density at radius 2 is 1.94 bits per heavy atom. The molecule has 4 nitrogen and oxygen atoms in total. The van der Waals surface area contributed by atoms with Gasteiger partial charge in [0, 0.05) is 18.2 Å². The van der Waals surface area contributed by atoms with E-state index in [4.69, 9.17) is 5.11 Å². The van der Waals surface area contributed by atoms with Crippen molar-refractivity contribution in [3.63, 3.8) is 0 Å². The van der Waals surface area contributed by atoms with Crippen molar-refractivity contribution in [2.24, 2.45) is 0 Å². The van der Waals surface area contributed by atoms with Gasteiger partial charge < -0.3 is 10.4 Å². The summed E-state index contributed by atoms with van der Waals surface area (Å²) in [4.78, 5) is 21.6. The first-order chi connectivity index (χ1) is 7.70. The molecule has 0 unspecified atom stereocenters. The van der Waals surface area contributed by atoms with Crippen LogP contribution in [0, 0.1) is 0 Å². The summed E-state index contributed by atoms with van der Waals surface area (Å²) in [5, 5.41) is 11.0. The van der Waals surface area contributed by atoms with Crippen LogP contribution in [0.3, 0.4) is 0 Å². The molecule has 0 bridgehead atoms. The van der Waals surface area contributed by atoms with Crippen LogP contribution in [0.1, 0.15) is 16.8 Å². The van der Waals surface area contributed by atoms with Crippen molar-refractivity contribution in [3.05, 3.63) is 48.0 Å². The highest BCUT2D eigenvalue weighted by molar-refractivity contribution is 5.94. The molecule has 0 heterocycles. The third-order valence-electron chi connectivity index (χ3n) is 1.89.